The molecule has 100 valence electrons. The largest absolute Gasteiger partial charge is 0.480 e. The molecule has 1 heterocycles. The number of carbonyl (C=O) groups is 1. The number of benzene rings is 1. The van der Waals surface area contributed by atoms with Crippen LogP contribution in [0.25, 0.3) is 10.9 Å². The predicted octanol–water partition coefficient (Wildman–Crippen LogP) is 2.46. The van der Waals surface area contributed by atoms with Crippen LogP contribution in [-0.4, -0.2) is 27.1 Å². The van der Waals surface area contributed by atoms with Gasteiger partial charge in [-0.05, 0) is 25.0 Å². The third-order valence-corrected chi connectivity index (χ3v) is 2.94. The van der Waals surface area contributed by atoms with Gasteiger partial charge in [0.15, 0.2) is 0 Å². The van der Waals surface area contributed by atoms with Crippen LogP contribution in [0.15, 0.2) is 24.3 Å². The van der Waals surface area contributed by atoms with E-state index >= 15 is 0 Å². The highest BCUT2D eigenvalue weighted by Gasteiger charge is 2.22. The van der Waals surface area contributed by atoms with Gasteiger partial charge in [-0.15, -0.1) is 0 Å². The van der Waals surface area contributed by atoms with Gasteiger partial charge in [-0.3, -0.25) is 0 Å². The van der Waals surface area contributed by atoms with Gasteiger partial charge in [0, 0.05) is 5.39 Å². The van der Waals surface area contributed by atoms with Gasteiger partial charge in [0.2, 0.25) is 0 Å². The van der Waals surface area contributed by atoms with Gasteiger partial charge in [-0.25, -0.2) is 14.8 Å². The molecular formula is C14H17N3O2. The molecule has 2 aromatic rings. The molecule has 2 rings (SSSR count). The molecule has 1 atom stereocenters. The van der Waals surface area contributed by atoms with Crippen molar-refractivity contribution in [3.63, 3.8) is 0 Å². The van der Waals surface area contributed by atoms with Crippen molar-refractivity contribution in [2.45, 2.75) is 26.8 Å². The van der Waals surface area contributed by atoms with Gasteiger partial charge in [0.25, 0.3) is 0 Å². The molecule has 0 radical (unpaired) electrons. The first-order chi connectivity index (χ1) is 8.99. The fourth-order valence-corrected chi connectivity index (χ4v) is 1.96. The first-order valence-corrected chi connectivity index (χ1v) is 6.21. The Bertz CT molecular complexity index is 611. The van der Waals surface area contributed by atoms with E-state index < -0.39 is 12.0 Å². The molecule has 0 saturated heterocycles. The number of carboxylic acid groups (broad SMARTS) is 1. The molecule has 0 unspecified atom stereocenters. The number of anilines is 1. The van der Waals surface area contributed by atoms with E-state index in [1.807, 2.05) is 38.1 Å². The lowest BCUT2D eigenvalue weighted by Crippen LogP contribution is -2.34. The number of aromatic nitrogens is 2. The summed E-state index contributed by atoms with van der Waals surface area (Å²) in [5.41, 5.74) is 0.811. The maximum Gasteiger partial charge on any atom is 0.326 e. The van der Waals surface area contributed by atoms with E-state index in [1.54, 1.807) is 6.92 Å². The molecule has 0 spiro atoms. The number of rotatable bonds is 4. The van der Waals surface area contributed by atoms with Crippen LogP contribution in [0.1, 0.15) is 19.7 Å². The number of carboxylic acids is 1. The lowest BCUT2D eigenvalue weighted by Gasteiger charge is -2.19. The van der Waals surface area contributed by atoms with Crippen molar-refractivity contribution >= 4 is 22.7 Å². The first kappa shape index (κ1) is 13.3. The Hall–Kier alpha value is -2.17. The van der Waals surface area contributed by atoms with E-state index in [4.69, 9.17) is 0 Å². The van der Waals surface area contributed by atoms with E-state index in [0.29, 0.717) is 11.6 Å². The SMILES string of the molecule is Cc1nc(N[C@@H](C(=O)O)C(C)C)c2ccccc2n1. The monoisotopic (exact) mass is 259 g/mol. The van der Waals surface area contributed by atoms with Crippen LogP contribution in [0, 0.1) is 12.8 Å². The summed E-state index contributed by atoms with van der Waals surface area (Å²) in [5, 5.41) is 13.1. The van der Waals surface area contributed by atoms with Gasteiger partial charge < -0.3 is 10.4 Å². The molecule has 0 saturated carbocycles. The number of para-hydroxylation sites is 1. The van der Waals surface area contributed by atoms with Crippen molar-refractivity contribution in [2.75, 3.05) is 5.32 Å². The molecule has 2 N–H and O–H groups in total. The molecule has 19 heavy (non-hydrogen) atoms. The Labute approximate surface area is 111 Å². The normalized spacial score (nSPS) is 12.6. The van der Waals surface area contributed by atoms with Crippen LogP contribution in [0.4, 0.5) is 5.82 Å². The van der Waals surface area contributed by atoms with E-state index in [2.05, 4.69) is 15.3 Å². The molecule has 0 fully saturated rings. The van der Waals surface area contributed by atoms with Gasteiger partial charge >= 0.3 is 5.97 Å². The summed E-state index contributed by atoms with van der Waals surface area (Å²) in [7, 11) is 0. The smallest absolute Gasteiger partial charge is 0.326 e. The minimum absolute atomic E-state index is 0.0356. The van der Waals surface area contributed by atoms with Crippen molar-refractivity contribution in [3.05, 3.63) is 30.1 Å². The second kappa shape index (κ2) is 5.22. The summed E-state index contributed by atoms with van der Waals surface area (Å²) in [5.74, 6) is 0.278. The molecule has 0 aliphatic heterocycles. The molecule has 1 aromatic carbocycles. The first-order valence-electron chi connectivity index (χ1n) is 6.21. The fraction of sp³-hybridized carbons (Fsp3) is 0.357. The van der Waals surface area contributed by atoms with Crippen LogP contribution >= 0.6 is 0 Å². The Balaban J connectivity index is 2.47. The zero-order valence-corrected chi connectivity index (χ0v) is 11.2. The quantitative estimate of drug-likeness (QED) is 0.882. The number of nitrogens with one attached hydrogen (secondary N) is 1. The molecule has 5 nitrogen and oxygen atoms in total. The maximum absolute atomic E-state index is 11.3. The lowest BCUT2D eigenvalue weighted by molar-refractivity contribution is -0.138. The Morgan fingerprint density at radius 1 is 1.26 bits per heavy atom. The Morgan fingerprint density at radius 2 is 1.95 bits per heavy atom. The van der Waals surface area contributed by atoms with Crippen LogP contribution in [0.3, 0.4) is 0 Å². The lowest BCUT2D eigenvalue weighted by atomic mass is 10.0. The number of aliphatic carboxylic acids is 1. The zero-order chi connectivity index (χ0) is 14.0. The number of hydrogen-bond donors (Lipinski definition) is 2. The standard InChI is InChI=1S/C14H17N3O2/c1-8(2)12(14(18)19)17-13-10-6-4-5-7-11(10)15-9(3)16-13/h4-8,12H,1-3H3,(H,18,19)(H,15,16,17)/t12-/m1/s1. The average Bonchev–Trinajstić information content (AvgIpc) is 2.34. The highest BCUT2D eigenvalue weighted by atomic mass is 16.4. The Kier molecular flexibility index (Phi) is 3.64. The predicted molar refractivity (Wildman–Crippen MR) is 74.2 cm³/mol. The van der Waals surface area contributed by atoms with Crippen LogP contribution in [0.5, 0.6) is 0 Å². The van der Waals surface area contributed by atoms with E-state index in [1.165, 1.54) is 0 Å². The molecule has 0 bridgehead atoms. The molecule has 5 heteroatoms. The van der Waals surface area contributed by atoms with Gasteiger partial charge in [0.05, 0.1) is 5.52 Å². The highest BCUT2D eigenvalue weighted by molar-refractivity contribution is 5.90. The third kappa shape index (κ3) is 2.81. The average molecular weight is 259 g/mol. The summed E-state index contributed by atoms with van der Waals surface area (Å²) in [6.45, 7) is 5.52. The number of hydrogen-bond acceptors (Lipinski definition) is 4. The topological polar surface area (TPSA) is 75.1 Å². The Morgan fingerprint density at radius 3 is 2.58 bits per heavy atom. The summed E-state index contributed by atoms with van der Waals surface area (Å²) in [4.78, 5) is 19.9. The van der Waals surface area contributed by atoms with Crippen molar-refractivity contribution < 1.29 is 9.90 Å². The summed E-state index contributed by atoms with van der Waals surface area (Å²) in [6, 6.07) is 6.89. The molecule has 1 aromatic heterocycles. The number of nitrogens with zero attached hydrogens (tertiary/aromatic N) is 2. The second-order valence-electron chi connectivity index (χ2n) is 4.84. The van der Waals surface area contributed by atoms with E-state index in [0.717, 1.165) is 10.9 Å². The minimum atomic E-state index is -0.879. The molecular weight excluding hydrogens is 242 g/mol. The third-order valence-electron chi connectivity index (χ3n) is 2.94. The summed E-state index contributed by atoms with van der Waals surface area (Å²) in [6.07, 6.45) is 0. The van der Waals surface area contributed by atoms with Crippen molar-refractivity contribution in [1.29, 1.82) is 0 Å². The van der Waals surface area contributed by atoms with Gasteiger partial charge in [-0.1, -0.05) is 26.0 Å². The van der Waals surface area contributed by atoms with Crippen molar-refractivity contribution in [2.24, 2.45) is 5.92 Å². The van der Waals surface area contributed by atoms with Crippen molar-refractivity contribution in [3.8, 4) is 0 Å². The molecule has 0 aliphatic carbocycles. The van der Waals surface area contributed by atoms with Crippen LogP contribution in [-0.2, 0) is 4.79 Å². The van der Waals surface area contributed by atoms with Crippen molar-refractivity contribution in [1.82, 2.24) is 9.97 Å². The molecule has 0 amide bonds. The number of fused-ring (bicyclic) bond motifs is 1. The van der Waals surface area contributed by atoms with Crippen LogP contribution in [0.2, 0.25) is 0 Å². The number of aryl methyl sites for hydroxylation is 1. The molecule has 0 aliphatic rings. The zero-order valence-electron chi connectivity index (χ0n) is 11.2. The highest BCUT2D eigenvalue weighted by Crippen LogP contribution is 2.21. The van der Waals surface area contributed by atoms with Gasteiger partial charge in [0.1, 0.15) is 17.7 Å². The minimum Gasteiger partial charge on any atom is -0.480 e. The van der Waals surface area contributed by atoms with Crippen LogP contribution < -0.4 is 5.32 Å². The van der Waals surface area contributed by atoms with E-state index in [9.17, 15) is 9.90 Å². The summed E-state index contributed by atoms with van der Waals surface area (Å²) >= 11 is 0. The maximum atomic E-state index is 11.3. The summed E-state index contributed by atoms with van der Waals surface area (Å²) < 4.78 is 0. The van der Waals surface area contributed by atoms with E-state index in [-0.39, 0.29) is 5.92 Å². The van der Waals surface area contributed by atoms with Gasteiger partial charge in [-0.2, -0.15) is 0 Å². The fourth-order valence-electron chi connectivity index (χ4n) is 1.96. The second-order valence-corrected chi connectivity index (χ2v) is 4.84.